The average molecular weight is 384 g/mol. The molecule has 4 N–H and O–H groups in total. The molecule has 28 heavy (non-hydrogen) atoms. The number of carbonyl (C=O) groups is 2. The van der Waals surface area contributed by atoms with E-state index in [1.165, 1.54) is 19.3 Å². The number of amides is 2. The van der Waals surface area contributed by atoms with Crippen molar-refractivity contribution >= 4 is 11.8 Å². The summed E-state index contributed by atoms with van der Waals surface area (Å²) < 4.78 is 0. The fourth-order valence-electron chi connectivity index (χ4n) is 5.96. The van der Waals surface area contributed by atoms with Gasteiger partial charge in [-0.2, -0.15) is 0 Å². The predicted molar refractivity (Wildman–Crippen MR) is 109 cm³/mol. The Labute approximate surface area is 167 Å². The Morgan fingerprint density at radius 2 is 1.57 bits per heavy atom. The van der Waals surface area contributed by atoms with Crippen LogP contribution in [0.2, 0.25) is 0 Å². The van der Waals surface area contributed by atoms with Crippen LogP contribution in [0.1, 0.15) is 68.3 Å². The third-order valence-corrected chi connectivity index (χ3v) is 7.15. The topological polar surface area (TPSA) is 84.2 Å². The molecule has 1 aromatic rings. The first-order valence-electron chi connectivity index (χ1n) is 10.7. The van der Waals surface area contributed by atoms with Gasteiger partial charge in [-0.05, 0) is 87.8 Å². The molecule has 0 aromatic heterocycles. The van der Waals surface area contributed by atoms with Crippen LogP contribution in [0, 0.1) is 23.2 Å². The van der Waals surface area contributed by atoms with Gasteiger partial charge in [0.15, 0.2) is 0 Å². The van der Waals surface area contributed by atoms with E-state index >= 15 is 0 Å². The summed E-state index contributed by atoms with van der Waals surface area (Å²) in [7, 11) is 0. The normalized spacial score (nSPS) is 30.9. The number of hydrogen-bond acceptors (Lipinski definition) is 3. The summed E-state index contributed by atoms with van der Waals surface area (Å²) in [4.78, 5) is 25.4. The molecule has 0 unspecified atom stereocenters. The van der Waals surface area contributed by atoms with Gasteiger partial charge in [-0.1, -0.05) is 12.1 Å². The lowest BCUT2D eigenvalue weighted by molar-refractivity contribution is -0.146. The maximum atomic E-state index is 13.0. The first kappa shape index (κ1) is 19.4. The van der Waals surface area contributed by atoms with Crippen molar-refractivity contribution in [1.29, 1.82) is 0 Å². The molecule has 4 bridgehead atoms. The standard InChI is InChI=1S/C23H33N3O2/c1-22(2,14-24)26-20(27)19-5-3-15(4-6-19)13-25-21(28)23-10-16-7-17(11-23)9-18(8-16)12-23/h3-6,16-18H,7-14,24H2,1-2H3,(H,25,28)(H,26,27). The van der Waals surface area contributed by atoms with Gasteiger partial charge in [0.1, 0.15) is 0 Å². The third kappa shape index (κ3) is 3.82. The minimum atomic E-state index is -0.429. The van der Waals surface area contributed by atoms with Crippen molar-refractivity contribution in [2.45, 2.75) is 64.5 Å². The van der Waals surface area contributed by atoms with E-state index in [1.54, 1.807) is 0 Å². The molecular weight excluding hydrogens is 350 g/mol. The highest BCUT2D eigenvalue weighted by molar-refractivity contribution is 5.94. The highest BCUT2D eigenvalue weighted by Gasteiger charge is 2.54. The first-order valence-corrected chi connectivity index (χ1v) is 10.7. The molecular formula is C23H33N3O2. The number of nitrogens with one attached hydrogen (secondary N) is 2. The Hall–Kier alpha value is -1.88. The zero-order valence-electron chi connectivity index (χ0n) is 17.1. The van der Waals surface area contributed by atoms with Crippen LogP contribution in [0.4, 0.5) is 0 Å². The lowest BCUT2D eigenvalue weighted by Crippen LogP contribution is -2.53. The van der Waals surface area contributed by atoms with Crippen LogP contribution in [-0.2, 0) is 11.3 Å². The highest BCUT2D eigenvalue weighted by atomic mass is 16.2. The lowest BCUT2D eigenvalue weighted by Gasteiger charge is -2.55. The molecule has 5 nitrogen and oxygen atoms in total. The predicted octanol–water partition coefficient (Wildman–Crippen LogP) is 2.99. The van der Waals surface area contributed by atoms with Crippen molar-refractivity contribution in [1.82, 2.24) is 10.6 Å². The number of benzene rings is 1. The zero-order chi connectivity index (χ0) is 19.9. The van der Waals surface area contributed by atoms with Crippen LogP contribution in [-0.4, -0.2) is 23.9 Å². The molecule has 4 aliphatic rings. The van der Waals surface area contributed by atoms with Crippen LogP contribution in [0.3, 0.4) is 0 Å². The number of rotatable bonds is 6. The second-order valence-electron chi connectivity index (χ2n) is 10.1. The summed E-state index contributed by atoms with van der Waals surface area (Å²) in [6.07, 6.45) is 7.29. The molecule has 0 aliphatic heterocycles. The van der Waals surface area contributed by atoms with Crippen molar-refractivity contribution in [2.75, 3.05) is 6.54 Å². The van der Waals surface area contributed by atoms with Gasteiger partial charge in [0.05, 0.1) is 0 Å². The second-order valence-corrected chi connectivity index (χ2v) is 10.1. The van der Waals surface area contributed by atoms with Gasteiger partial charge >= 0.3 is 0 Å². The van der Waals surface area contributed by atoms with Crippen molar-refractivity contribution in [3.8, 4) is 0 Å². The third-order valence-electron chi connectivity index (χ3n) is 7.15. The molecule has 4 aliphatic carbocycles. The fourth-order valence-corrected chi connectivity index (χ4v) is 5.96. The molecule has 0 atom stereocenters. The monoisotopic (exact) mass is 383 g/mol. The molecule has 1 aromatic carbocycles. The molecule has 4 fully saturated rings. The Bertz CT molecular complexity index is 718. The number of carbonyl (C=O) groups excluding carboxylic acids is 2. The minimum Gasteiger partial charge on any atom is -0.352 e. The Kier molecular flexibility index (Phi) is 4.98. The van der Waals surface area contributed by atoms with Crippen LogP contribution < -0.4 is 16.4 Å². The van der Waals surface area contributed by atoms with E-state index in [0.717, 1.165) is 42.6 Å². The summed E-state index contributed by atoms with van der Waals surface area (Å²) in [5.41, 5.74) is 6.77. The fraction of sp³-hybridized carbons (Fsp3) is 0.652. The summed E-state index contributed by atoms with van der Waals surface area (Å²) in [5.74, 6) is 2.44. The number of hydrogen-bond donors (Lipinski definition) is 3. The van der Waals surface area contributed by atoms with E-state index in [9.17, 15) is 9.59 Å². The molecule has 5 rings (SSSR count). The summed E-state index contributed by atoms with van der Waals surface area (Å²) >= 11 is 0. The summed E-state index contributed by atoms with van der Waals surface area (Å²) in [5, 5.41) is 6.13. The molecule has 2 amide bonds. The van der Waals surface area contributed by atoms with E-state index in [4.69, 9.17) is 5.73 Å². The Balaban J connectivity index is 1.34. The number of nitrogens with two attached hydrogens (primary N) is 1. The van der Waals surface area contributed by atoms with E-state index in [0.29, 0.717) is 18.7 Å². The van der Waals surface area contributed by atoms with Gasteiger partial charge in [0.25, 0.3) is 5.91 Å². The quantitative estimate of drug-likeness (QED) is 0.706. The molecule has 4 saturated carbocycles. The van der Waals surface area contributed by atoms with Crippen LogP contribution in [0.25, 0.3) is 0 Å². The minimum absolute atomic E-state index is 0.109. The largest absolute Gasteiger partial charge is 0.352 e. The van der Waals surface area contributed by atoms with Gasteiger partial charge in [0, 0.05) is 29.6 Å². The van der Waals surface area contributed by atoms with Gasteiger partial charge < -0.3 is 16.4 Å². The summed E-state index contributed by atoms with van der Waals surface area (Å²) in [6.45, 7) is 4.71. The van der Waals surface area contributed by atoms with E-state index in [2.05, 4.69) is 10.6 Å². The van der Waals surface area contributed by atoms with Crippen LogP contribution in [0.15, 0.2) is 24.3 Å². The van der Waals surface area contributed by atoms with Gasteiger partial charge in [-0.3, -0.25) is 9.59 Å². The zero-order valence-corrected chi connectivity index (χ0v) is 17.1. The lowest BCUT2D eigenvalue weighted by atomic mass is 9.49. The van der Waals surface area contributed by atoms with E-state index in [-0.39, 0.29) is 17.2 Å². The molecule has 0 saturated heterocycles. The average Bonchev–Trinajstić information content (AvgIpc) is 2.65. The molecule has 0 heterocycles. The molecule has 152 valence electrons. The molecule has 0 radical (unpaired) electrons. The van der Waals surface area contributed by atoms with Crippen molar-refractivity contribution in [3.63, 3.8) is 0 Å². The van der Waals surface area contributed by atoms with Crippen LogP contribution >= 0.6 is 0 Å². The smallest absolute Gasteiger partial charge is 0.251 e. The van der Waals surface area contributed by atoms with Gasteiger partial charge in [-0.25, -0.2) is 0 Å². The first-order chi connectivity index (χ1) is 13.3. The van der Waals surface area contributed by atoms with Crippen LogP contribution in [0.5, 0.6) is 0 Å². The Morgan fingerprint density at radius 1 is 1.04 bits per heavy atom. The second kappa shape index (κ2) is 7.18. The highest BCUT2D eigenvalue weighted by Crippen LogP contribution is 2.60. The van der Waals surface area contributed by atoms with Crippen molar-refractivity contribution in [2.24, 2.45) is 28.9 Å². The van der Waals surface area contributed by atoms with Crippen molar-refractivity contribution < 1.29 is 9.59 Å². The molecule has 5 heteroatoms. The van der Waals surface area contributed by atoms with Gasteiger partial charge in [-0.15, -0.1) is 0 Å². The Morgan fingerprint density at radius 3 is 2.07 bits per heavy atom. The van der Waals surface area contributed by atoms with Crippen molar-refractivity contribution in [3.05, 3.63) is 35.4 Å². The maximum Gasteiger partial charge on any atom is 0.251 e. The van der Waals surface area contributed by atoms with E-state index < -0.39 is 5.54 Å². The SMILES string of the molecule is CC(C)(CN)NC(=O)c1ccc(CNC(=O)C23CC4CC(CC(C4)C2)C3)cc1. The van der Waals surface area contributed by atoms with Gasteiger partial charge in [0.2, 0.25) is 5.91 Å². The maximum absolute atomic E-state index is 13.0. The molecule has 0 spiro atoms. The van der Waals surface area contributed by atoms with E-state index in [1.807, 2.05) is 38.1 Å². The summed E-state index contributed by atoms with van der Waals surface area (Å²) in [6, 6.07) is 7.47.